The Bertz CT molecular complexity index is 273. The second kappa shape index (κ2) is 7.10. The summed E-state index contributed by atoms with van der Waals surface area (Å²) >= 11 is 0. The first-order valence-corrected chi connectivity index (χ1v) is 5.80. The molecule has 0 saturated carbocycles. The number of hydrogen-bond donors (Lipinski definition) is 2. The zero-order valence-electron chi connectivity index (χ0n) is 9.71. The molecular weight excluding hydrogens is 186 g/mol. The van der Waals surface area contributed by atoms with Crippen molar-refractivity contribution in [1.29, 1.82) is 0 Å². The lowest BCUT2D eigenvalue weighted by molar-refractivity contribution is 0.834. The Morgan fingerprint density at radius 2 is 2.00 bits per heavy atom. The molecular formula is C12H21N3. The Hall–Kier alpha value is -1.25. The fourth-order valence-electron chi connectivity index (χ4n) is 1.30. The van der Waals surface area contributed by atoms with Crippen LogP contribution in [0.3, 0.4) is 0 Å². The summed E-state index contributed by atoms with van der Waals surface area (Å²) in [6.45, 7) is 6.36. The van der Waals surface area contributed by atoms with Gasteiger partial charge in [0.05, 0.1) is 0 Å². The molecule has 1 aromatic heterocycles. The van der Waals surface area contributed by atoms with Crippen LogP contribution in [0.1, 0.15) is 33.1 Å². The molecule has 84 valence electrons. The molecule has 0 atom stereocenters. The van der Waals surface area contributed by atoms with Crippen molar-refractivity contribution in [2.75, 3.05) is 23.7 Å². The maximum atomic E-state index is 4.25. The van der Waals surface area contributed by atoms with E-state index in [0.717, 1.165) is 31.0 Å². The van der Waals surface area contributed by atoms with Crippen molar-refractivity contribution in [3.8, 4) is 0 Å². The third-order valence-corrected chi connectivity index (χ3v) is 2.18. The summed E-state index contributed by atoms with van der Waals surface area (Å²) in [5.41, 5.74) is 1.15. The third-order valence-electron chi connectivity index (χ3n) is 2.18. The van der Waals surface area contributed by atoms with Gasteiger partial charge < -0.3 is 10.6 Å². The van der Waals surface area contributed by atoms with Gasteiger partial charge in [0.15, 0.2) is 0 Å². The van der Waals surface area contributed by atoms with Gasteiger partial charge in [-0.1, -0.05) is 20.3 Å². The Morgan fingerprint density at radius 3 is 2.73 bits per heavy atom. The van der Waals surface area contributed by atoms with Crippen LogP contribution in [0.25, 0.3) is 0 Å². The molecule has 0 spiro atoms. The highest BCUT2D eigenvalue weighted by Gasteiger charge is 1.95. The van der Waals surface area contributed by atoms with Gasteiger partial charge in [0, 0.05) is 31.0 Å². The van der Waals surface area contributed by atoms with Gasteiger partial charge in [-0.05, 0) is 18.9 Å². The first-order valence-electron chi connectivity index (χ1n) is 5.80. The smallest absolute Gasteiger partial charge is 0.127 e. The molecule has 0 aliphatic heterocycles. The molecule has 0 bridgehead atoms. The summed E-state index contributed by atoms with van der Waals surface area (Å²) in [5.74, 6) is 0.957. The van der Waals surface area contributed by atoms with Crippen LogP contribution in [0, 0.1) is 0 Å². The van der Waals surface area contributed by atoms with Gasteiger partial charge in [-0.3, -0.25) is 0 Å². The van der Waals surface area contributed by atoms with Gasteiger partial charge in [-0.2, -0.15) is 0 Å². The first kappa shape index (κ1) is 11.8. The Labute approximate surface area is 92.3 Å². The van der Waals surface area contributed by atoms with E-state index in [1.165, 1.54) is 12.8 Å². The molecule has 0 unspecified atom stereocenters. The summed E-state index contributed by atoms with van der Waals surface area (Å²) in [4.78, 5) is 4.25. The zero-order chi connectivity index (χ0) is 10.9. The lowest BCUT2D eigenvalue weighted by atomic mass is 10.3. The number of pyridine rings is 1. The SMILES string of the molecule is CCCCNc1ccnc(NCCC)c1. The number of anilines is 2. The minimum absolute atomic E-state index is 0.957. The van der Waals surface area contributed by atoms with Crippen LogP contribution < -0.4 is 10.6 Å². The largest absolute Gasteiger partial charge is 0.385 e. The predicted molar refractivity (Wildman–Crippen MR) is 66.4 cm³/mol. The van der Waals surface area contributed by atoms with Crippen molar-refractivity contribution in [1.82, 2.24) is 4.98 Å². The van der Waals surface area contributed by atoms with Crippen molar-refractivity contribution in [2.45, 2.75) is 33.1 Å². The number of nitrogens with one attached hydrogen (secondary N) is 2. The van der Waals surface area contributed by atoms with Gasteiger partial charge >= 0.3 is 0 Å². The normalized spacial score (nSPS) is 10.0. The van der Waals surface area contributed by atoms with E-state index in [0.29, 0.717) is 0 Å². The van der Waals surface area contributed by atoms with Crippen LogP contribution in [0.15, 0.2) is 18.3 Å². The monoisotopic (exact) mass is 207 g/mol. The average Bonchev–Trinajstić information content (AvgIpc) is 2.27. The molecule has 3 nitrogen and oxygen atoms in total. The molecule has 0 amide bonds. The van der Waals surface area contributed by atoms with Gasteiger partial charge in [-0.25, -0.2) is 4.98 Å². The van der Waals surface area contributed by atoms with Crippen molar-refractivity contribution < 1.29 is 0 Å². The molecule has 0 radical (unpaired) electrons. The van der Waals surface area contributed by atoms with Crippen molar-refractivity contribution >= 4 is 11.5 Å². The van der Waals surface area contributed by atoms with E-state index in [-0.39, 0.29) is 0 Å². The fourth-order valence-corrected chi connectivity index (χ4v) is 1.30. The van der Waals surface area contributed by atoms with Crippen LogP contribution >= 0.6 is 0 Å². The summed E-state index contributed by atoms with van der Waals surface area (Å²) in [7, 11) is 0. The Morgan fingerprint density at radius 1 is 1.13 bits per heavy atom. The lowest BCUT2D eigenvalue weighted by Gasteiger charge is -2.08. The number of nitrogens with zero attached hydrogens (tertiary/aromatic N) is 1. The molecule has 0 aromatic carbocycles. The number of unbranched alkanes of at least 4 members (excludes halogenated alkanes) is 1. The summed E-state index contributed by atoms with van der Waals surface area (Å²) in [5, 5.41) is 6.66. The highest BCUT2D eigenvalue weighted by molar-refractivity contribution is 5.51. The van der Waals surface area contributed by atoms with Crippen molar-refractivity contribution in [3.63, 3.8) is 0 Å². The minimum atomic E-state index is 0.957. The van der Waals surface area contributed by atoms with Gasteiger partial charge in [-0.15, -0.1) is 0 Å². The highest BCUT2D eigenvalue weighted by atomic mass is 15.0. The van der Waals surface area contributed by atoms with Crippen LogP contribution in [-0.2, 0) is 0 Å². The van der Waals surface area contributed by atoms with Crippen LogP contribution in [0.5, 0.6) is 0 Å². The number of hydrogen-bond acceptors (Lipinski definition) is 3. The van der Waals surface area contributed by atoms with E-state index >= 15 is 0 Å². The van der Waals surface area contributed by atoms with Crippen molar-refractivity contribution in [2.24, 2.45) is 0 Å². The lowest BCUT2D eigenvalue weighted by Crippen LogP contribution is -2.04. The molecule has 2 N–H and O–H groups in total. The fraction of sp³-hybridized carbons (Fsp3) is 0.583. The van der Waals surface area contributed by atoms with Crippen LogP contribution in [0.4, 0.5) is 11.5 Å². The number of aromatic nitrogens is 1. The molecule has 0 aliphatic carbocycles. The van der Waals surface area contributed by atoms with Gasteiger partial charge in [0.25, 0.3) is 0 Å². The standard InChI is InChI=1S/C12H21N3/c1-3-5-8-13-11-6-9-15-12(10-11)14-7-4-2/h6,9-10H,3-5,7-8H2,1-2H3,(H2,13,14,15). The average molecular weight is 207 g/mol. The van der Waals surface area contributed by atoms with Gasteiger partial charge in [0.1, 0.15) is 5.82 Å². The predicted octanol–water partition coefficient (Wildman–Crippen LogP) is 3.12. The molecule has 0 saturated heterocycles. The second-order valence-electron chi connectivity index (χ2n) is 3.64. The number of rotatable bonds is 7. The van der Waals surface area contributed by atoms with Crippen LogP contribution in [-0.4, -0.2) is 18.1 Å². The Balaban J connectivity index is 2.42. The first-order chi connectivity index (χ1) is 7.36. The van der Waals surface area contributed by atoms with E-state index in [4.69, 9.17) is 0 Å². The topological polar surface area (TPSA) is 37.0 Å². The zero-order valence-corrected chi connectivity index (χ0v) is 9.71. The minimum Gasteiger partial charge on any atom is -0.385 e. The second-order valence-corrected chi connectivity index (χ2v) is 3.64. The molecule has 1 aromatic rings. The molecule has 0 fully saturated rings. The van der Waals surface area contributed by atoms with E-state index in [2.05, 4.69) is 35.5 Å². The van der Waals surface area contributed by atoms with Crippen molar-refractivity contribution in [3.05, 3.63) is 18.3 Å². The summed E-state index contributed by atoms with van der Waals surface area (Å²) in [6.07, 6.45) is 5.39. The van der Waals surface area contributed by atoms with Crippen LogP contribution in [0.2, 0.25) is 0 Å². The van der Waals surface area contributed by atoms with E-state index in [9.17, 15) is 0 Å². The maximum absolute atomic E-state index is 4.25. The Kier molecular flexibility index (Phi) is 5.59. The molecule has 1 rings (SSSR count). The van der Waals surface area contributed by atoms with E-state index in [1.54, 1.807) is 0 Å². The van der Waals surface area contributed by atoms with Gasteiger partial charge in [0.2, 0.25) is 0 Å². The summed E-state index contributed by atoms with van der Waals surface area (Å²) < 4.78 is 0. The molecule has 1 heterocycles. The maximum Gasteiger partial charge on any atom is 0.127 e. The molecule has 3 heteroatoms. The molecule has 0 aliphatic rings. The highest BCUT2D eigenvalue weighted by Crippen LogP contribution is 2.11. The van der Waals surface area contributed by atoms with E-state index < -0.39 is 0 Å². The van der Waals surface area contributed by atoms with E-state index in [1.807, 2.05) is 12.3 Å². The molecule has 15 heavy (non-hydrogen) atoms. The third kappa shape index (κ3) is 4.68. The quantitative estimate of drug-likeness (QED) is 0.674. The summed E-state index contributed by atoms with van der Waals surface area (Å²) in [6, 6.07) is 4.07.